The van der Waals surface area contributed by atoms with Crippen LogP contribution in [0, 0.1) is 0 Å². The molecule has 2 aromatic carbocycles. The maximum Gasteiger partial charge on any atom is 0.238 e. The third-order valence-electron chi connectivity index (χ3n) is 5.11. The van der Waals surface area contributed by atoms with Crippen LogP contribution in [-0.4, -0.2) is 54.3 Å². The molecule has 0 aromatic heterocycles. The van der Waals surface area contributed by atoms with Gasteiger partial charge in [0.15, 0.2) is 0 Å². The number of rotatable bonds is 6. The largest absolute Gasteiger partial charge is 0.340 e. The van der Waals surface area contributed by atoms with Gasteiger partial charge in [-0.1, -0.05) is 61.0 Å². The predicted molar refractivity (Wildman–Crippen MR) is 113 cm³/mol. The van der Waals surface area contributed by atoms with Gasteiger partial charge in [0.25, 0.3) is 0 Å². The van der Waals surface area contributed by atoms with E-state index in [2.05, 4.69) is 10.2 Å². The lowest BCUT2D eigenvalue weighted by Crippen LogP contribution is -2.51. The predicted octanol–water partition coefficient (Wildman–Crippen LogP) is 3.62. The number of hydrogen-bond acceptors (Lipinski definition) is 3. The number of carbonyl (C=O) groups excluding carboxylic acids is 2. The van der Waals surface area contributed by atoms with Crippen molar-refractivity contribution in [2.75, 3.05) is 38.0 Å². The molecule has 2 amide bonds. The Morgan fingerprint density at radius 3 is 2.29 bits per heavy atom. The topological polar surface area (TPSA) is 52.7 Å². The number of nitrogens with one attached hydrogen (secondary N) is 1. The molecule has 0 spiro atoms. The number of hydrogen-bond donors (Lipinski definition) is 1. The molecule has 6 heteroatoms. The molecule has 0 saturated carbocycles. The van der Waals surface area contributed by atoms with Gasteiger partial charge >= 0.3 is 0 Å². The highest BCUT2D eigenvalue weighted by molar-refractivity contribution is 6.33. The minimum atomic E-state index is -0.101. The monoisotopic (exact) mass is 399 g/mol. The lowest BCUT2D eigenvalue weighted by Gasteiger charge is -2.36. The number of carbonyl (C=O) groups is 2. The van der Waals surface area contributed by atoms with E-state index in [1.165, 1.54) is 0 Å². The summed E-state index contributed by atoms with van der Waals surface area (Å²) < 4.78 is 0. The summed E-state index contributed by atoms with van der Waals surface area (Å²) in [6.45, 7) is 5.00. The first-order valence-electron chi connectivity index (χ1n) is 9.69. The van der Waals surface area contributed by atoms with Gasteiger partial charge in [0, 0.05) is 26.2 Å². The van der Waals surface area contributed by atoms with E-state index in [9.17, 15) is 9.59 Å². The molecule has 2 aromatic rings. The molecule has 1 saturated heterocycles. The second kappa shape index (κ2) is 9.71. The standard InChI is InChI=1S/C22H26ClN3O2/c1-2-18(17-8-4-3-5-9-17)22(28)26-14-12-25(13-15-26)16-21(27)24-20-11-7-6-10-19(20)23/h3-11,18H,2,12-16H2,1H3,(H,24,27). The van der Waals surface area contributed by atoms with Gasteiger partial charge in [-0.15, -0.1) is 0 Å². The molecule has 1 N–H and O–H groups in total. The summed E-state index contributed by atoms with van der Waals surface area (Å²) in [5.41, 5.74) is 1.69. The van der Waals surface area contributed by atoms with Crippen molar-refractivity contribution >= 4 is 29.1 Å². The van der Waals surface area contributed by atoms with Crippen molar-refractivity contribution in [1.82, 2.24) is 9.80 Å². The second-order valence-electron chi connectivity index (χ2n) is 7.00. The van der Waals surface area contributed by atoms with Crippen molar-refractivity contribution in [3.8, 4) is 0 Å². The van der Waals surface area contributed by atoms with Crippen LogP contribution in [0.2, 0.25) is 5.02 Å². The number of anilines is 1. The van der Waals surface area contributed by atoms with E-state index in [0.29, 0.717) is 43.4 Å². The minimum absolute atomic E-state index is 0.0939. The maximum atomic E-state index is 13.0. The van der Waals surface area contributed by atoms with Gasteiger partial charge < -0.3 is 10.2 Å². The van der Waals surface area contributed by atoms with Gasteiger partial charge in [-0.2, -0.15) is 0 Å². The Hall–Kier alpha value is -2.37. The van der Waals surface area contributed by atoms with Crippen LogP contribution < -0.4 is 5.32 Å². The molecule has 1 heterocycles. The van der Waals surface area contributed by atoms with Crippen molar-refractivity contribution in [2.24, 2.45) is 0 Å². The van der Waals surface area contributed by atoms with E-state index in [1.54, 1.807) is 12.1 Å². The van der Waals surface area contributed by atoms with Crippen LogP contribution in [0.5, 0.6) is 0 Å². The summed E-state index contributed by atoms with van der Waals surface area (Å²) in [4.78, 5) is 29.2. The number of para-hydroxylation sites is 1. The van der Waals surface area contributed by atoms with E-state index < -0.39 is 0 Å². The van der Waals surface area contributed by atoms with Crippen molar-refractivity contribution in [3.63, 3.8) is 0 Å². The van der Waals surface area contributed by atoms with E-state index in [4.69, 9.17) is 11.6 Å². The summed E-state index contributed by atoms with van der Waals surface area (Å²) >= 11 is 6.09. The van der Waals surface area contributed by atoms with E-state index in [-0.39, 0.29) is 17.7 Å². The van der Waals surface area contributed by atoms with Crippen molar-refractivity contribution in [2.45, 2.75) is 19.3 Å². The Kier molecular flexibility index (Phi) is 7.06. The summed E-state index contributed by atoms with van der Waals surface area (Å²) in [6, 6.07) is 17.1. The van der Waals surface area contributed by atoms with E-state index in [0.717, 1.165) is 12.0 Å². The molecule has 0 radical (unpaired) electrons. The Morgan fingerprint density at radius 2 is 1.64 bits per heavy atom. The van der Waals surface area contributed by atoms with Gasteiger partial charge in [0.05, 0.1) is 23.2 Å². The fourth-order valence-corrected chi connectivity index (χ4v) is 3.72. The van der Waals surface area contributed by atoms with Gasteiger partial charge in [-0.3, -0.25) is 14.5 Å². The number of benzene rings is 2. The zero-order valence-electron chi connectivity index (χ0n) is 16.1. The number of amides is 2. The Bertz CT molecular complexity index is 804. The highest BCUT2D eigenvalue weighted by Crippen LogP contribution is 2.23. The fourth-order valence-electron chi connectivity index (χ4n) is 3.54. The molecule has 0 bridgehead atoms. The Labute approximate surface area is 171 Å². The van der Waals surface area contributed by atoms with Crippen LogP contribution in [0.3, 0.4) is 0 Å². The van der Waals surface area contributed by atoms with E-state index in [1.807, 2.05) is 54.3 Å². The normalized spacial score (nSPS) is 15.9. The van der Waals surface area contributed by atoms with Crippen molar-refractivity contribution < 1.29 is 9.59 Å². The molecule has 1 aliphatic heterocycles. The summed E-state index contributed by atoms with van der Waals surface area (Å²) in [5.74, 6) is -0.0197. The Balaban J connectivity index is 1.50. The molecular weight excluding hydrogens is 374 g/mol. The molecule has 1 unspecified atom stereocenters. The third kappa shape index (κ3) is 5.12. The van der Waals surface area contributed by atoms with Gasteiger partial charge in [-0.25, -0.2) is 0 Å². The molecule has 148 valence electrons. The molecule has 1 aliphatic rings. The van der Waals surface area contributed by atoms with Crippen LogP contribution in [-0.2, 0) is 9.59 Å². The van der Waals surface area contributed by atoms with Crippen molar-refractivity contribution in [1.29, 1.82) is 0 Å². The average molecular weight is 400 g/mol. The zero-order valence-corrected chi connectivity index (χ0v) is 16.9. The number of halogens is 1. The SMILES string of the molecule is CCC(C(=O)N1CCN(CC(=O)Nc2ccccc2Cl)CC1)c1ccccc1. The molecular formula is C22H26ClN3O2. The van der Waals surface area contributed by atoms with E-state index >= 15 is 0 Å². The smallest absolute Gasteiger partial charge is 0.238 e. The molecule has 3 rings (SSSR count). The van der Waals surface area contributed by atoms with Crippen LogP contribution in [0.1, 0.15) is 24.8 Å². The summed E-state index contributed by atoms with van der Waals surface area (Å²) in [6.07, 6.45) is 0.781. The van der Waals surface area contributed by atoms with Gasteiger partial charge in [0.2, 0.25) is 11.8 Å². The third-order valence-corrected chi connectivity index (χ3v) is 5.44. The summed E-state index contributed by atoms with van der Waals surface area (Å²) in [7, 11) is 0. The summed E-state index contributed by atoms with van der Waals surface area (Å²) in [5, 5.41) is 3.37. The zero-order chi connectivity index (χ0) is 19.9. The van der Waals surface area contributed by atoms with Gasteiger partial charge in [0.1, 0.15) is 0 Å². The van der Waals surface area contributed by atoms with Crippen LogP contribution in [0.15, 0.2) is 54.6 Å². The second-order valence-corrected chi connectivity index (χ2v) is 7.41. The number of piperazine rings is 1. The first-order chi connectivity index (χ1) is 13.6. The minimum Gasteiger partial charge on any atom is -0.340 e. The highest BCUT2D eigenvalue weighted by atomic mass is 35.5. The van der Waals surface area contributed by atoms with Crippen LogP contribution in [0.25, 0.3) is 0 Å². The van der Waals surface area contributed by atoms with Crippen LogP contribution >= 0.6 is 11.6 Å². The van der Waals surface area contributed by atoms with Crippen molar-refractivity contribution in [3.05, 3.63) is 65.2 Å². The molecule has 1 atom stereocenters. The number of nitrogens with zero attached hydrogens (tertiary/aromatic N) is 2. The molecule has 28 heavy (non-hydrogen) atoms. The first kappa shape index (κ1) is 20.4. The van der Waals surface area contributed by atoms with Crippen LogP contribution in [0.4, 0.5) is 5.69 Å². The first-order valence-corrected chi connectivity index (χ1v) is 10.1. The molecule has 5 nitrogen and oxygen atoms in total. The lowest BCUT2D eigenvalue weighted by molar-refractivity contribution is -0.134. The van der Waals surface area contributed by atoms with Gasteiger partial charge in [-0.05, 0) is 24.1 Å². The highest BCUT2D eigenvalue weighted by Gasteiger charge is 2.28. The quantitative estimate of drug-likeness (QED) is 0.807. The average Bonchev–Trinajstić information content (AvgIpc) is 2.71. The molecule has 1 fully saturated rings. The maximum absolute atomic E-state index is 13.0. The lowest BCUT2D eigenvalue weighted by atomic mass is 9.95. The molecule has 0 aliphatic carbocycles. The Morgan fingerprint density at radius 1 is 1.00 bits per heavy atom. The fraction of sp³-hybridized carbons (Fsp3) is 0.364.